The lowest BCUT2D eigenvalue weighted by molar-refractivity contribution is 1.18. The van der Waals surface area contributed by atoms with Gasteiger partial charge >= 0.3 is 0 Å². The number of anilines is 3. The average molecular weight is 587 g/mol. The van der Waals surface area contributed by atoms with Crippen LogP contribution >= 0.6 is 0 Å². The van der Waals surface area contributed by atoms with Crippen LogP contribution in [0.1, 0.15) is 0 Å². The Kier molecular flexibility index (Phi) is 6.17. The third-order valence-electron chi connectivity index (χ3n) is 9.16. The molecule has 9 aromatic rings. The third kappa shape index (κ3) is 4.27. The third-order valence-corrected chi connectivity index (χ3v) is 9.16. The second kappa shape index (κ2) is 10.8. The van der Waals surface area contributed by atoms with Crippen LogP contribution < -0.4 is 4.90 Å². The second-order valence-electron chi connectivity index (χ2n) is 11.8. The normalized spacial score (nSPS) is 11.5. The number of hydrogen-bond donors (Lipinski definition) is 0. The van der Waals surface area contributed by atoms with Crippen LogP contribution in [-0.4, -0.2) is 4.57 Å². The van der Waals surface area contributed by atoms with E-state index in [0.717, 1.165) is 22.7 Å². The Bertz CT molecular complexity index is 2400. The van der Waals surface area contributed by atoms with Crippen LogP contribution in [0.25, 0.3) is 60.2 Å². The number of aromatic nitrogens is 1. The minimum absolute atomic E-state index is 1.12. The molecule has 0 saturated carbocycles. The largest absolute Gasteiger partial charge is 0.309 e. The fourth-order valence-corrected chi connectivity index (χ4v) is 7.04. The van der Waals surface area contributed by atoms with Crippen molar-refractivity contribution in [2.45, 2.75) is 0 Å². The van der Waals surface area contributed by atoms with Crippen LogP contribution in [0.15, 0.2) is 182 Å². The first-order chi connectivity index (χ1) is 22.8. The van der Waals surface area contributed by atoms with Crippen LogP contribution in [0.5, 0.6) is 0 Å². The first kappa shape index (κ1) is 26.3. The van der Waals surface area contributed by atoms with Gasteiger partial charge in [-0.2, -0.15) is 0 Å². The first-order valence-electron chi connectivity index (χ1n) is 15.8. The van der Waals surface area contributed by atoms with Gasteiger partial charge in [-0.25, -0.2) is 0 Å². The summed E-state index contributed by atoms with van der Waals surface area (Å²) in [6.07, 6.45) is 0. The summed E-state index contributed by atoms with van der Waals surface area (Å²) in [6, 6.07) is 65.7. The summed E-state index contributed by atoms with van der Waals surface area (Å²) in [5, 5.41) is 7.44. The highest BCUT2D eigenvalue weighted by Crippen LogP contribution is 2.42. The van der Waals surface area contributed by atoms with E-state index in [9.17, 15) is 0 Å². The fourth-order valence-electron chi connectivity index (χ4n) is 7.04. The number of rotatable bonds is 5. The molecule has 0 bridgehead atoms. The standard InChI is InChI=1S/C44H30N2/c1-3-18-37-32(12-1)14-10-24-41(37)45(42-25-11-15-33-13-2-4-19-38(33)42)35-28-26-31(27-29-35)34-16-9-17-36(30-34)46-43-22-7-5-20-39(43)40-21-6-8-23-44(40)46/h1-30H. The van der Waals surface area contributed by atoms with Gasteiger partial charge in [-0.3, -0.25) is 0 Å². The van der Waals surface area contributed by atoms with Gasteiger partial charge in [-0.1, -0.05) is 133 Å². The summed E-state index contributed by atoms with van der Waals surface area (Å²) < 4.78 is 2.38. The van der Waals surface area contributed by atoms with Crippen molar-refractivity contribution in [2.75, 3.05) is 4.90 Å². The van der Waals surface area contributed by atoms with Crippen molar-refractivity contribution < 1.29 is 0 Å². The van der Waals surface area contributed by atoms with E-state index in [1.165, 1.54) is 54.5 Å². The van der Waals surface area contributed by atoms with Gasteiger partial charge in [-0.05, 0) is 70.4 Å². The molecule has 0 spiro atoms. The molecule has 0 saturated heterocycles. The van der Waals surface area contributed by atoms with Crippen molar-refractivity contribution in [3.8, 4) is 16.8 Å². The van der Waals surface area contributed by atoms with E-state index in [1.54, 1.807) is 0 Å². The molecular weight excluding hydrogens is 556 g/mol. The summed E-state index contributed by atoms with van der Waals surface area (Å²) in [5.41, 5.74) is 9.41. The van der Waals surface area contributed by atoms with Crippen molar-refractivity contribution >= 4 is 60.4 Å². The van der Waals surface area contributed by atoms with Gasteiger partial charge in [0.25, 0.3) is 0 Å². The molecular formula is C44H30N2. The van der Waals surface area contributed by atoms with E-state index in [0.29, 0.717) is 0 Å². The van der Waals surface area contributed by atoms with Gasteiger partial charge in [0.1, 0.15) is 0 Å². The van der Waals surface area contributed by atoms with E-state index in [4.69, 9.17) is 0 Å². The summed E-state index contributed by atoms with van der Waals surface area (Å²) >= 11 is 0. The SMILES string of the molecule is c1cc(-c2ccc(N(c3cccc4ccccc34)c3cccc4ccccc34)cc2)cc(-n2c3ccccc3c3ccccc32)c1. The Morgan fingerprint density at radius 2 is 0.826 bits per heavy atom. The van der Waals surface area contributed by atoms with E-state index >= 15 is 0 Å². The first-order valence-corrected chi connectivity index (χ1v) is 15.8. The van der Waals surface area contributed by atoms with Gasteiger partial charge in [0.05, 0.1) is 22.4 Å². The number of para-hydroxylation sites is 2. The zero-order valence-electron chi connectivity index (χ0n) is 25.2. The van der Waals surface area contributed by atoms with Crippen molar-refractivity contribution in [3.63, 3.8) is 0 Å². The maximum absolute atomic E-state index is 2.41. The van der Waals surface area contributed by atoms with Crippen molar-refractivity contribution in [1.29, 1.82) is 0 Å². The Labute approximate surface area is 268 Å². The Balaban J connectivity index is 1.18. The van der Waals surface area contributed by atoms with Crippen LogP contribution in [0.4, 0.5) is 17.1 Å². The molecule has 0 radical (unpaired) electrons. The maximum Gasteiger partial charge on any atom is 0.0541 e. The average Bonchev–Trinajstić information content (AvgIpc) is 3.47. The zero-order valence-corrected chi connectivity index (χ0v) is 25.2. The molecule has 0 aliphatic heterocycles. The lowest BCUT2D eigenvalue weighted by Crippen LogP contribution is -2.11. The molecule has 0 fully saturated rings. The van der Waals surface area contributed by atoms with Gasteiger partial charge in [-0.15, -0.1) is 0 Å². The fraction of sp³-hybridized carbons (Fsp3) is 0. The minimum Gasteiger partial charge on any atom is -0.309 e. The molecule has 46 heavy (non-hydrogen) atoms. The lowest BCUT2D eigenvalue weighted by atomic mass is 10.0. The van der Waals surface area contributed by atoms with Crippen LogP contribution in [0, 0.1) is 0 Å². The summed E-state index contributed by atoms with van der Waals surface area (Å²) in [7, 11) is 0. The molecule has 2 heteroatoms. The monoisotopic (exact) mass is 586 g/mol. The number of fused-ring (bicyclic) bond motifs is 5. The molecule has 9 rings (SSSR count). The summed E-state index contributed by atoms with van der Waals surface area (Å²) in [5.74, 6) is 0. The van der Waals surface area contributed by atoms with Gasteiger partial charge < -0.3 is 9.47 Å². The van der Waals surface area contributed by atoms with E-state index in [1.807, 2.05) is 0 Å². The highest BCUT2D eigenvalue weighted by atomic mass is 15.1. The highest BCUT2D eigenvalue weighted by Gasteiger charge is 2.18. The molecule has 1 aromatic heterocycles. The Morgan fingerprint density at radius 3 is 1.41 bits per heavy atom. The van der Waals surface area contributed by atoms with E-state index < -0.39 is 0 Å². The predicted molar refractivity (Wildman–Crippen MR) is 196 cm³/mol. The van der Waals surface area contributed by atoms with Crippen LogP contribution in [-0.2, 0) is 0 Å². The second-order valence-corrected chi connectivity index (χ2v) is 11.8. The smallest absolute Gasteiger partial charge is 0.0541 e. The lowest BCUT2D eigenvalue weighted by Gasteiger charge is -2.28. The molecule has 0 aliphatic rings. The van der Waals surface area contributed by atoms with Crippen LogP contribution in [0.2, 0.25) is 0 Å². The summed E-state index contributed by atoms with van der Waals surface area (Å²) in [6.45, 7) is 0. The van der Waals surface area contributed by atoms with Crippen molar-refractivity contribution in [2.24, 2.45) is 0 Å². The number of nitrogens with zero attached hydrogens (tertiary/aromatic N) is 2. The predicted octanol–water partition coefficient (Wildman–Crippen LogP) is 12.2. The zero-order chi connectivity index (χ0) is 30.5. The highest BCUT2D eigenvalue weighted by molar-refractivity contribution is 6.09. The van der Waals surface area contributed by atoms with Gasteiger partial charge in [0, 0.05) is 32.9 Å². The van der Waals surface area contributed by atoms with Crippen LogP contribution in [0.3, 0.4) is 0 Å². The molecule has 216 valence electrons. The molecule has 0 unspecified atom stereocenters. The maximum atomic E-state index is 2.41. The topological polar surface area (TPSA) is 8.17 Å². The molecule has 2 nitrogen and oxygen atoms in total. The molecule has 0 aliphatic carbocycles. The van der Waals surface area contributed by atoms with Gasteiger partial charge in [0.15, 0.2) is 0 Å². The van der Waals surface area contributed by atoms with Crippen molar-refractivity contribution in [3.05, 3.63) is 182 Å². The Hall–Kier alpha value is -6.12. The number of hydrogen-bond acceptors (Lipinski definition) is 1. The minimum atomic E-state index is 1.12. The molecule has 0 N–H and O–H groups in total. The van der Waals surface area contributed by atoms with Gasteiger partial charge in [0.2, 0.25) is 0 Å². The molecule has 0 atom stereocenters. The molecule has 8 aromatic carbocycles. The number of benzene rings is 8. The molecule has 0 amide bonds. The van der Waals surface area contributed by atoms with E-state index in [2.05, 4.69) is 191 Å². The Morgan fingerprint density at radius 1 is 0.348 bits per heavy atom. The summed E-state index contributed by atoms with van der Waals surface area (Å²) in [4.78, 5) is 2.41. The molecule has 1 heterocycles. The van der Waals surface area contributed by atoms with E-state index in [-0.39, 0.29) is 0 Å². The van der Waals surface area contributed by atoms with Crippen molar-refractivity contribution in [1.82, 2.24) is 4.57 Å². The quantitative estimate of drug-likeness (QED) is 0.195.